The Morgan fingerprint density at radius 1 is 0.260 bits per heavy atom. The van der Waals surface area contributed by atoms with E-state index in [0.29, 0.717) is 36.8 Å². The van der Waals surface area contributed by atoms with Crippen LogP contribution in [0.1, 0.15) is 118 Å². The Labute approximate surface area is 888 Å². The Morgan fingerprint density at radius 3 is 1.03 bits per heavy atom. The first-order valence-electron chi connectivity index (χ1n) is 54.0. The van der Waals surface area contributed by atoms with E-state index in [1.807, 2.05) is 89.0 Å². The molecule has 774 valence electrons. The number of benzene rings is 13. The molecule has 1 aliphatic carbocycles. The van der Waals surface area contributed by atoms with Crippen molar-refractivity contribution in [1.29, 1.82) is 0 Å². The van der Waals surface area contributed by atoms with Crippen molar-refractivity contribution in [2.75, 3.05) is 114 Å². The first kappa shape index (κ1) is 103. The molecule has 9 N–H and O–H groups in total. The molecule has 6 aliphatic heterocycles. The summed E-state index contributed by atoms with van der Waals surface area (Å²) in [6.07, 6.45) is 17.9. The number of nitrogens with one attached hydrogen (secondary N) is 9. The summed E-state index contributed by atoms with van der Waals surface area (Å²) in [6.45, 7) is 18.1. The molecule has 0 radical (unpaired) electrons. The Kier molecular flexibility index (Phi) is 34.1. The van der Waals surface area contributed by atoms with Gasteiger partial charge in [0.25, 0.3) is 0 Å². The van der Waals surface area contributed by atoms with Crippen LogP contribution < -0.4 is 66.0 Å². The van der Waals surface area contributed by atoms with Gasteiger partial charge in [-0.2, -0.15) is 0 Å². The number of hydrogen-bond donors (Lipinski definition) is 9. The molecule has 0 atom stereocenters. The number of H-pyrrole nitrogens is 3. The van der Waals surface area contributed by atoms with Gasteiger partial charge in [0.05, 0.1) is 0 Å². The molecule has 12 heterocycles. The van der Waals surface area contributed by atoms with Gasteiger partial charge < -0.3 is 81.0 Å². The second-order valence-corrected chi connectivity index (χ2v) is 43.9. The quantitative estimate of drug-likeness (QED) is 0.0250. The van der Waals surface area contributed by atoms with E-state index in [9.17, 15) is 22.0 Å². The van der Waals surface area contributed by atoms with Crippen LogP contribution in [0.25, 0.3) is 84.5 Å². The Bertz CT molecular complexity index is 7530. The average molecular weight is 2070 g/mol. The van der Waals surface area contributed by atoms with E-state index in [2.05, 4.69) is 316 Å². The van der Waals surface area contributed by atoms with E-state index < -0.39 is 6.36 Å². The highest BCUT2D eigenvalue weighted by molar-refractivity contribution is 7.17. The number of anilines is 6. The monoisotopic (exact) mass is 2070 g/mol. The predicted molar refractivity (Wildman–Crippen MR) is 621 cm³/mol. The number of alkyl halides is 3. The second kappa shape index (κ2) is 49.8. The fourth-order valence-corrected chi connectivity index (χ4v) is 25.1. The zero-order valence-electron chi connectivity index (χ0n) is 85.2. The zero-order chi connectivity index (χ0) is 102. The molecule has 6 aromatic heterocycles. The summed E-state index contributed by atoms with van der Waals surface area (Å²) < 4.78 is 72.7. The van der Waals surface area contributed by atoms with Gasteiger partial charge in [-0.25, -0.2) is 8.78 Å². The largest absolute Gasteiger partial charge is 0.573 e. The number of ether oxygens (including phenoxy) is 1. The van der Waals surface area contributed by atoms with E-state index >= 15 is 0 Å². The molecule has 13 aromatic carbocycles. The van der Waals surface area contributed by atoms with Crippen LogP contribution in [0.4, 0.5) is 56.1 Å². The lowest BCUT2D eigenvalue weighted by molar-refractivity contribution is -0.274. The van der Waals surface area contributed by atoms with E-state index in [-0.39, 0.29) is 17.4 Å². The molecule has 7 aliphatic rings. The normalized spacial score (nSPS) is 16.2. The van der Waals surface area contributed by atoms with E-state index in [1.165, 1.54) is 191 Å². The van der Waals surface area contributed by atoms with Gasteiger partial charge in [0.15, 0.2) is 0 Å². The fraction of sp³-hybridized carbons (Fsp3) is 0.317. The maximum atomic E-state index is 13.6. The lowest BCUT2D eigenvalue weighted by atomic mass is 10.00. The lowest BCUT2D eigenvalue weighted by Crippen LogP contribution is -2.44. The fourth-order valence-electron chi connectivity index (χ4n) is 22.8. The minimum Gasteiger partial charge on any atom is -0.406 e. The minimum atomic E-state index is -4.69. The van der Waals surface area contributed by atoms with Gasteiger partial charge in [-0.1, -0.05) is 115 Å². The van der Waals surface area contributed by atoms with E-state index in [0.717, 1.165) is 186 Å². The van der Waals surface area contributed by atoms with Crippen molar-refractivity contribution in [3.8, 4) is 5.75 Å². The highest BCUT2D eigenvalue weighted by Crippen LogP contribution is 2.41. The van der Waals surface area contributed by atoms with Crippen LogP contribution in [0, 0.1) is 17.6 Å². The number of nitrogens with zero attached hydrogens (tertiary/aromatic N) is 6. The first-order chi connectivity index (χ1) is 73.7. The number of aromatic nitrogens is 3. The molecule has 0 amide bonds. The maximum absolute atomic E-state index is 13.6. The molecule has 24 heteroatoms. The van der Waals surface area contributed by atoms with Crippen LogP contribution in [-0.2, 0) is 32.7 Å². The maximum Gasteiger partial charge on any atom is 0.573 e. The van der Waals surface area contributed by atoms with Gasteiger partial charge >= 0.3 is 6.36 Å². The van der Waals surface area contributed by atoms with Crippen molar-refractivity contribution in [3.05, 3.63) is 378 Å². The third-order valence-electron chi connectivity index (χ3n) is 30.9. The van der Waals surface area contributed by atoms with Crippen LogP contribution in [0.15, 0.2) is 338 Å². The van der Waals surface area contributed by atoms with E-state index in [1.54, 1.807) is 30.3 Å². The van der Waals surface area contributed by atoms with Gasteiger partial charge in [0, 0.05) is 175 Å². The standard InChI is InChI=1S/2C24H24N2S.C21H22F3N3O.2C20H22FN3.C17H22N2S/c1-2-7-23-18(4-1)5-3-6-20(23)17-26(21-10-13-25-14-11-21)22-8-9-24-19(16-22)12-15-27-24;1-2-4-20-15-18(5-6-19(20)3-1)17-26(22-9-12-25-13-10-22)23-7-8-24-21(16-23)11-14-27-24;22-21(23,24)28-19-3-1-2-15(12-19)14-27(17-7-9-25-10-8-17)18-4-5-20-16(13-18)6-11-26-20;21-17-3-1-15(2-4-17)14-24(18-8-10-22-11-9-18)19-5-6-20-16(13-19)7-12-23-20;21-17-3-1-2-15(12-17)14-24(18-7-9-22-10-8-18)19-4-5-20-16(13-19)6-11-23-20;1-2-13(1)12-19(15-5-8-18-9-6-15)16-3-4-17-14(11-16)7-10-20-17/h1-9,12,15-16,21,25H,10-11,13-14,17H2;1-8,11,14-16,22,25H,9-10,12-13,17H2;1-6,11-13,17,25-26H,7-10,14H2;1-7,12-13,18,22-23H,8-11,14H2;1-6,11-13,18,22-23H,7-10,14H2;3-4,7,10-11,13,15,18H,1-2,5-6,8-9,12H2. The number of fused-ring (bicyclic) bond motifs is 8. The summed E-state index contributed by atoms with van der Waals surface area (Å²) in [4.78, 5) is 24.9. The summed E-state index contributed by atoms with van der Waals surface area (Å²) in [5.74, 6) is 0.416. The Morgan fingerprint density at radius 2 is 0.607 bits per heavy atom. The van der Waals surface area contributed by atoms with Crippen molar-refractivity contribution in [1.82, 2.24) is 46.9 Å². The minimum absolute atomic E-state index is 0.168. The SMILES string of the molecule is FC(F)(F)Oc1cccc(CN(c2ccc3[nH]ccc3c2)C2CCNCC2)c1.Fc1ccc(CN(c2ccc3[nH]ccc3c2)C2CCNCC2)cc1.Fc1cccc(CN(c2ccc3[nH]ccc3c2)C2CCNCC2)c1.c1cc2cc(N(CC3CC3)C3CCNCC3)ccc2s1.c1ccc2c(CN(c3ccc4sccc4c3)C3CCNCC3)cccc2c1.c1ccc2cc(CN(c3ccc4sccc4c3)C3CCNCC3)ccc2c1. The summed E-state index contributed by atoms with van der Waals surface area (Å²) in [6, 6.07) is 108. The van der Waals surface area contributed by atoms with Crippen LogP contribution in [0.5, 0.6) is 5.75 Å². The smallest absolute Gasteiger partial charge is 0.406 e. The van der Waals surface area contributed by atoms with Gasteiger partial charge in [0.1, 0.15) is 17.4 Å². The topological polar surface area (TPSA) is 148 Å². The zero-order valence-corrected chi connectivity index (χ0v) is 87.7. The lowest BCUT2D eigenvalue weighted by Gasteiger charge is -2.37. The highest BCUT2D eigenvalue weighted by Gasteiger charge is 2.34. The summed E-state index contributed by atoms with van der Waals surface area (Å²) >= 11 is 5.48. The van der Waals surface area contributed by atoms with E-state index in [4.69, 9.17) is 0 Å². The van der Waals surface area contributed by atoms with Crippen LogP contribution >= 0.6 is 34.0 Å². The van der Waals surface area contributed by atoms with Gasteiger partial charge in [-0.05, 0) is 444 Å². The van der Waals surface area contributed by atoms with Crippen LogP contribution in [0.3, 0.4) is 0 Å². The molecule has 0 unspecified atom stereocenters. The molecule has 1 saturated carbocycles. The number of halogens is 5. The number of piperidine rings is 6. The molecule has 19 aromatic rings. The third-order valence-corrected chi connectivity index (χ3v) is 33.6. The molecular weight excluding hydrogens is 1930 g/mol. The molecule has 6 saturated heterocycles. The molecule has 7 fully saturated rings. The third kappa shape index (κ3) is 26.9. The molecule has 26 rings (SSSR count). The van der Waals surface area contributed by atoms with Crippen molar-refractivity contribution >= 4 is 153 Å². The molecule has 16 nitrogen and oxygen atoms in total. The summed E-state index contributed by atoms with van der Waals surface area (Å²) in [5.41, 5.74) is 16.8. The predicted octanol–water partition coefficient (Wildman–Crippen LogP) is 28.5. The number of hydrogen-bond acceptors (Lipinski definition) is 16. The second-order valence-electron chi connectivity index (χ2n) is 41.1. The number of aromatic amines is 3. The Hall–Kier alpha value is -13.1. The van der Waals surface area contributed by atoms with Crippen molar-refractivity contribution in [2.45, 2.75) is 165 Å². The van der Waals surface area contributed by atoms with Crippen molar-refractivity contribution < 1.29 is 26.7 Å². The van der Waals surface area contributed by atoms with Gasteiger partial charge in [-0.15, -0.1) is 47.2 Å². The number of rotatable bonds is 25. The highest BCUT2D eigenvalue weighted by atomic mass is 32.1. The van der Waals surface area contributed by atoms with Gasteiger partial charge in [0.2, 0.25) is 0 Å². The Balaban J connectivity index is 0.000000105. The molecular formula is C126H136F5N15OS3. The molecule has 0 spiro atoms. The van der Waals surface area contributed by atoms with Crippen molar-refractivity contribution in [3.63, 3.8) is 0 Å². The van der Waals surface area contributed by atoms with Crippen LogP contribution in [-0.4, -0.2) is 143 Å². The summed E-state index contributed by atoms with van der Waals surface area (Å²) in [7, 11) is 0. The molecule has 150 heavy (non-hydrogen) atoms. The van der Waals surface area contributed by atoms with Crippen molar-refractivity contribution in [2.24, 2.45) is 5.92 Å². The number of thiophene rings is 3. The summed E-state index contributed by atoms with van der Waals surface area (Å²) in [5, 5.41) is 40.3. The molecule has 0 bridgehead atoms. The van der Waals surface area contributed by atoms with Gasteiger partial charge in [-0.3, -0.25) is 0 Å². The first-order valence-corrected chi connectivity index (χ1v) is 56.6. The average Bonchev–Trinajstić information content (AvgIpc) is 1.12. The van der Waals surface area contributed by atoms with Crippen LogP contribution in [0.2, 0.25) is 0 Å².